The molecule has 1 aliphatic rings. The summed E-state index contributed by atoms with van der Waals surface area (Å²) in [5.74, 6) is 2.14. The van der Waals surface area contributed by atoms with Gasteiger partial charge in [0.15, 0.2) is 11.5 Å². The molecule has 0 saturated carbocycles. The number of nitrogens with zero attached hydrogens (tertiary/aromatic N) is 1. The highest BCUT2D eigenvalue weighted by Gasteiger charge is 2.15. The zero-order chi connectivity index (χ0) is 13.4. The molecule has 0 atom stereocenters. The molecule has 0 bridgehead atoms. The van der Waals surface area contributed by atoms with Crippen molar-refractivity contribution in [1.29, 1.82) is 0 Å². The monoisotopic (exact) mass is 258 g/mol. The smallest absolute Gasteiger partial charge is 0.251 e. The molecule has 0 fully saturated rings. The molecule has 0 amide bonds. The molecule has 3 rings (SSSR count). The number of rotatable bonds is 2. The molecule has 19 heavy (non-hydrogen) atoms. The standard InChI is InChI=1S/C14H14N2O3/c1-8(2)10-6-13(17)16-14(15-10)9-3-4-11-12(5-9)19-7-18-11/h3-6,8H,7H2,1-2H3,(H,15,16,17). The molecule has 0 aliphatic carbocycles. The summed E-state index contributed by atoms with van der Waals surface area (Å²) in [6, 6.07) is 7.03. The predicted octanol–water partition coefficient (Wildman–Crippen LogP) is 2.29. The number of hydrogen-bond donors (Lipinski definition) is 1. The molecule has 1 aromatic heterocycles. The van der Waals surface area contributed by atoms with Crippen LogP contribution < -0.4 is 15.0 Å². The normalized spacial score (nSPS) is 13.0. The molecule has 2 heterocycles. The zero-order valence-corrected chi connectivity index (χ0v) is 10.8. The number of aromatic nitrogens is 2. The van der Waals surface area contributed by atoms with Gasteiger partial charge in [0.2, 0.25) is 6.79 Å². The molecule has 98 valence electrons. The summed E-state index contributed by atoms with van der Waals surface area (Å²) in [5.41, 5.74) is 1.44. The number of hydrogen-bond acceptors (Lipinski definition) is 4. The molecule has 5 nitrogen and oxygen atoms in total. The molecule has 2 aromatic rings. The maximum absolute atomic E-state index is 11.7. The van der Waals surface area contributed by atoms with Crippen LogP contribution in [-0.2, 0) is 0 Å². The van der Waals surface area contributed by atoms with Crippen LogP contribution in [0.2, 0.25) is 0 Å². The van der Waals surface area contributed by atoms with Crippen molar-refractivity contribution in [1.82, 2.24) is 9.97 Å². The van der Waals surface area contributed by atoms with E-state index in [4.69, 9.17) is 9.47 Å². The lowest BCUT2D eigenvalue weighted by atomic mass is 10.1. The molecule has 1 N–H and O–H groups in total. The Hall–Kier alpha value is -2.30. The Morgan fingerprint density at radius 2 is 2.00 bits per heavy atom. The Morgan fingerprint density at radius 1 is 1.21 bits per heavy atom. The number of fused-ring (bicyclic) bond motifs is 1. The van der Waals surface area contributed by atoms with Crippen molar-refractivity contribution >= 4 is 0 Å². The maximum atomic E-state index is 11.7. The van der Waals surface area contributed by atoms with Gasteiger partial charge in [-0.3, -0.25) is 4.79 Å². The van der Waals surface area contributed by atoms with Crippen LogP contribution >= 0.6 is 0 Å². The summed E-state index contributed by atoms with van der Waals surface area (Å²) < 4.78 is 10.6. The highest BCUT2D eigenvalue weighted by molar-refractivity contribution is 5.61. The van der Waals surface area contributed by atoms with Gasteiger partial charge in [-0.05, 0) is 24.1 Å². The fourth-order valence-electron chi connectivity index (χ4n) is 1.95. The second-order valence-electron chi connectivity index (χ2n) is 4.74. The topological polar surface area (TPSA) is 64.2 Å². The van der Waals surface area contributed by atoms with E-state index in [9.17, 15) is 4.79 Å². The Balaban J connectivity index is 2.09. The van der Waals surface area contributed by atoms with Gasteiger partial charge in [0.05, 0.1) is 5.69 Å². The SMILES string of the molecule is CC(C)c1cc(=O)[nH]c(-c2ccc3c(c2)OCO3)n1. The van der Waals surface area contributed by atoms with Crippen LogP contribution in [0.3, 0.4) is 0 Å². The van der Waals surface area contributed by atoms with E-state index < -0.39 is 0 Å². The van der Waals surface area contributed by atoms with Crippen molar-refractivity contribution in [3.05, 3.63) is 40.3 Å². The van der Waals surface area contributed by atoms with E-state index in [2.05, 4.69) is 9.97 Å². The first kappa shape index (κ1) is 11.8. The molecule has 0 unspecified atom stereocenters. The van der Waals surface area contributed by atoms with Crippen molar-refractivity contribution in [2.24, 2.45) is 0 Å². The number of aromatic amines is 1. The summed E-state index contributed by atoms with van der Waals surface area (Å²) in [6.45, 7) is 4.24. The minimum absolute atomic E-state index is 0.147. The van der Waals surface area contributed by atoms with Crippen molar-refractivity contribution in [2.75, 3.05) is 6.79 Å². The summed E-state index contributed by atoms with van der Waals surface area (Å²) in [5, 5.41) is 0. The average Bonchev–Trinajstić information content (AvgIpc) is 2.85. The summed E-state index contributed by atoms with van der Waals surface area (Å²) in [6.07, 6.45) is 0. The summed E-state index contributed by atoms with van der Waals surface area (Å²) >= 11 is 0. The maximum Gasteiger partial charge on any atom is 0.251 e. The molecule has 5 heteroatoms. The van der Waals surface area contributed by atoms with Gasteiger partial charge in [0.1, 0.15) is 5.82 Å². The third-order valence-electron chi connectivity index (χ3n) is 3.00. The van der Waals surface area contributed by atoms with Gasteiger partial charge in [0.25, 0.3) is 5.56 Å². The predicted molar refractivity (Wildman–Crippen MR) is 70.5 cm³/mol. The third-order valence-corrected chi connectivity index (χ3v) is 3.00. The van der Waals surface area contributed by atoms with Crippen LogP contribution in [-0.4, -0.2) is 16.8 Å². The molecule has 1 aromatic carbocycles. The largest absolute Gasteiger partial charge is 0.454 e. The molecule has 0 saturated heterocycles. The third kappa shape index (κ3) is 2.19. The molecule has 0 radical (unpaired) electrons. The summed E-state index contributed by atoms with van der Waals surface area (Å²) in [4.78, 5) is 18.9. The van der Waals surface area contributed by atoms with Crippen molar-refractivity contribution in [2.45, 2.75) is 19.8 Å². The zero-order valence-electron chi connectivity index (χ0n) is 10.8. The first-order chi connectivity index (χ1) is 9.13. The highest BCUT2D eigenvalue weighted by atomic mass is 16.7. The van der Waals surface area contributed by atoms with E-state index in [0.29, 0.717) is 17.3 Å². The van der Waals surface area contributed by atoms with Gasteiger partial charge >= 0.3 is 0 Å². The Kier molecular flexibility index (Phi) is 2.74. The van der Waals surface area contributed by atoms with Gasteiger partial charge in [-0.25, -0.2) is 4.98 Å². The lowest BCUT2D eigenvalue weighted by Crippen LogP contribution is -2.11. The second kappa shape index (κ2) is 4.42. The van der Waals surface area contributed by atoms with E-state index >= 15 is 0 Å². The van der Waals surface area contributed by atoms with Crippen molar-refractivity contribution in [3.63, 3.8) is 0 Å². The molecule has 1 aliphatic heterocycles. The van der Waals surface area contributed by atoms with Gasteiger partial charge in [0, 0.05) is 11.6 Å². The van der Waals surface area contributed by atoms with Gasteiger partial charge in [-0.1, -0.05) is 13.8 Å². The van der Waals surface area contributed by atoms with E-state index in [-0.39, 0.29) is 18.3 Å². The molecular formula is C14H14N2O3. The highest BCUT2D eigenvalue weighted by Crippen LogP contribution is 2.34. The van der Waals surface area contributed by atoms with Gasteiger partial charge in [-0.15, -0.1) is 0 Å². The minimum Gasteiger partial charge on any atom is -0.454 e. The minimum atomic E-state index is -0.147. The summed E-state index contributed by atoms with van der Waals surface area (Å²) in [7, 11) is 0. The second-order valence-corrected chi connectivity index (χ2v) is 4.74. The Morgan fingerprint density at radius 3 is 2.79 bits per heavy atom. The quantitative estimate of drug-likeness (QED) is 0.897. The van der Waals surface area contributed by atoms with Crippen LogP contribution in [0.15, 0.2) is 29.1 Å². The fraction of sp³-hybridized carbons (Fsp3) is 0.286. The van der Waals surface area contributed by atoms with Gasteiger partial charge < -0.3 is 14.5 Å². The van der Waals surface area contributed by atoms with E-state index in [0.717, 1.165) is 11.3 Å². The fourth-order valence-corrected chi connectivity index (χ4v) is 1.95. The number of nitrogens with one attached hydrogen (secondary N) is 1. The van der Waals surface area contributed by atoms with Crippen LogP contribution in [0, 0.1) is 0 Å². The van der Waals surface area contributed by atoms with E-state index in [1.54, 1.807) is 0 Å². The van der Waals surface area contributed by atoms with Crippen LogP contribution in [0.5, 0.6) is 11.5 Å². The van der Waals surface area contributed by atoms with Crippen molar-refractivity contribution in [3.8, 4) is 22.9 Å². The van der Waals surface area contributed by atoms with Crippen LogP contribution in [0.25, 0.3) is 11.4 Å². The lowest BCUT2D eigenvalue weighted by molar-refractivity contribution is 0.174. The van der Waals surface area contributed by atoms with E-state index in [1.165, 1.54) is 6.07 Å². The average molecular weight is 258 g/mol. The molecular weight excluding hydrogens is 244 g/mol. The number of H-pyrrole nitrogens is 1. The number of ether oxygens (including phenoxy) is 2. The van der Waals surface area contributed by atoms with Crippen LogP contribution in [0.1, 0.15) is 25.5 Å². The Labute approximate surface area is 110 Å². The van der Waals surface area contributed by atoms with Crippen molar-refractivity contribution < 1.29 is 9.47 Å². The van der Waals surface area contributed by atoms with Gasteiger partial charge in [-0.2, -0.15) is 0 Å². The number of benzene rings is 1. The molecule has 0 spiro atoms. The van der Waals surface area contributed by atoms with Crippen LogP contribution in [0.4, 0.5) is 0 Å². The first-order valence-electron chi connectivity index (χ1n) is 6.15. The van der Waals surface area contributed by atoms with E-state index in [1.807, 2.05) is 32.0 Å². The Bertz CT molecular complexity index is 677. The first-order valence-corrected chi connectivity index (χ1v) is 6.15. The lowest BCUT2D eigenvalue weighted by Gasteiger charge is -2.07.